The lowest BCUT2D eigenvalue weighted by molar-refractivity contribution is 0.0929. The number of hydrazone groups is 1. The van der Waals surface area contributed by atoms with Crippen LogP contribution in [0.3, 0.4) is 0 Å². The summed E-state index contributed by atoms with van der Waals surface area (Å²) in [7, 11) is 2.10. The van der Waals surface area contributed by atoms with Crippen LogP contribution in [0.2, 0.25) is 0 Å². The summed E-state index contributed by atoms with van der Waals surface area (Å²) < 4.78 is 7.35. The van der Waals surface area contributed by atoms with Gasteiger partial charge in [-0.2, -0.15) is 5.10 Å². The molecule has 154 valence electrons. The van der Waals surface area contributed by atoms with Crippen molar-refractivity contribution < 1.29 is 9.21 Å². The standard InChI is InChI=1S/C23H21Br2N3O2/c1-13-11-23(2,3)28(4)19-6-5-14(7-17(13)19)12-26-27-22(29)20-9-15-8-16(24)10-18(25)21(15)30-20/h5-12H,1-4H3,(H,27,29)/b26-12-. The van der Waals surface area contributed by atoms with Gasteiger partial charge in [-0.3, -0.25) is 4.79 Å². The Labute approximate surface area is 192 Å². The highest BCUT2D eigenvalue weighted by Crippen LogP contribution is 2.38. The van der Waals surface area contributed by atoms with E-state index in [1.54, 1.807) is 12.3 Å². The third-order valence-electron chi connectivity index (χ3n) is 5.38. The van der Waals surface area contributed by atoms with Gasteiger partial charge in [0.05, 0.1) is 16.2 Å². The minimum atomic E-state index is -0.402. The SMILES string of the molecule is CC1=CC(C)(C)N(C)c2ccc(/C=N\NC(=O)c3cc4cc(Br)cc(Br)c4o3)cc21. The second kappa shape index (κ2) is 7.71. The van der Waals surface area contributed by atoms with E-state index in [0.717, 1.165) is 19.9 Å². The van der Waals surface area contributed by atoms with Gasteiger partial charge in [-0.25, -0.2) is 5.43 Å². The molecule has 0 saturated carbocycles. The van der Waals surface area contributed by atoms with Crippen LogP contribution in [0.25, 0.3) is 16.5 Å². The van der Waals surface area contributed by atoms with Crippen LogP contribution in [-0.4, -0.2) is 24.7 Å². The predicted octanol–water partition coefficient (Wildman–Crippen LogP) is 6.35. The number of halogens is 2. The normalized spacial score (nSPS) is 15.4. The van der Waals surface area contributed by atoms with Gasteiger partial charge >= 0.3 is 5.91 Å². The van der Waals surface area contributed by atoms with Crippen molar-refractivity contribution in [3.63, 3.8) is 0 Å². The predicted molar refractivity (Wildman–Crippen MR) is 129 cm³/mol. The molecule has 2 heterocycles. The molecule has 3 aromatic rings. The zero-order chi connectivity index (χ0) is 21.6. The first-order chi connectivity index (χ1) is 14.2. The molecule has 0 bridgehead atoms. The van der Waals surface area contributed by atoms with Crippen molar-refractivity contribution >= 4 is 66.2 Å². The van der Waals surface area contributed by atoms with Gasteiger partial charge in [-0.1, -0.05) is 28.1 Å². The summed E-state index contributed by atoms with van der Waals surface area (Å²) >= 11 is 6.88. The number of hydrogen-bond donors (Lipinski definition) is 1. The van der Waals surface area contributed by atoms with E-state index in [2.05, 4.69) is 93.3 Å². The van der Waals surface area contributed by atoms with E-state index in [1.807, 2.05) is 18.2 Å². The fourth-order valence-electron chi connectivity index (χ4n) is 3.67. The fraction of sp³-hybridized carbons (Fsp3) is 0.217. The van der Waals surface area contributed by atoms with Crippen LogP contribution in [-0.2, 0) is 0 Å². The van der Waals surface area contributed by atoms with Crippen molar-refractivity contribution in [1.82, 2.24) is 5.43 Å². The van der Waals surface area contributed by atoms with E-state index < -0.39 is 5.91 Å². The molecular weight excluding hydrogens is 510 g/mol. The van der Waals surface area contributed by atoms with Gasteiger partial charge in [-0.15, -0.1) is 0 Å². The molecule has 30 heavy (non-hydrogen) atoms. The van der Waals surface area contributed by atoms with Gasteiger partial charge in [0.1, 0.15) is 5.58 Å². The van der Waals surface area contributed by atoms with Crippen LogP contribution in [0.1, 0.15) is 42.5 Å². The number of carbonyl (C=O) groups is 1. The summed E-state index contributed by atoms with van der Waals surface area (Å²) in [6, 6.07) is 11.6. The molecule has 0 saturated heterocycles. The molecule has 0 spiro atoms. The Kier molecular flexibility index (Phi) is 5.36. The first kappa shape index (κ1) is 20.9. The van der Waals surface area contributed by atoms with Crippen molar-refractivity contribution in [2.45, 2.75) is 26.3 Å². The Morgan fingerprint density at radius 3 is 2.73 bits per heavy atom. The molecule has 0 radical (unpaired) electrons. The maximum absolute atomic E-state index is 12.4. The lowest BCUT2D eigenvalue weighted by Crippen LogP contribution is -2.42. The molecule has 0 fully saturated rings. The number of amides is 1. The number of likely N-dealkylation sites (N-methyl/N-ethyl adjacent to an activating group) is 1. The van der Waals surface area contributed by atoms with Crippen LogP contribution in [0.15, 0.2) is 60.9 Å². The highest BCUT2D eigenvalue weighted by Gasteiger charge is 2.28. The topological polar surface area (TPSA) is 57.8 Å². The second-order valence-electron chi connectivity index (χ2n) is 7.93. The first-order valence-corrected chi connectivity index (χ1v) is 11.0. The van der Waals surface area contributed by atoms with Crippen LogP contribution < -0.4 is 10.3 Å². The summed E-state index contributed by atoms with van der Waals surface area (Å²) in [6.07, 6.45) is 3.90. The Bertz CT molecular complexity index is 1220. The van der Waals surface area contributed by atoms with Gasteiger partial charge in [0.15, 0.2) is 5.76 Å². The van der Waals surface area contributed by atoms with Crippen molar-refractivity contribution in [2.75, 3.05) is 11.9 Å². The number of hydrogen-bond acceptors (Lipinski definition) is 4. The van der Waals surface area contributed by atoms with Gasteiger partial charge < -0.3 is 9.32 Å². The number of allylic oxidation sites excluding steroid dienone is 1. The highest BCUT2D eigenvalue weighted by molar-refractivity contribution is 9.11. The van der Waals surface area contributed by atoms with E-state index in [1.165, 1.54) is 16.8 Å². The summed E-state index contributed by atoms with van der Waals surface area (Å²) in [4.78, 5) is 14.7. The minimum Gasteiger partial charge on any atom is -0.450 e. The number of benzene rings is 2. The summed E-state index contributed by atoms with van der Waals surface area (Å²) in [5.74, 6) is -0.199. The second-order valence-corrected chi connectivity index (χ2v) is 9.70. The molecule has 1 N–H and O–H groups in total. The lowest BCUT2D eigenvalue weighted by Gasteiger charge is -2.40. The Hall–Kier alpha value is -2.38. The molecule has 0 unspecified atom stereocenters. The average Bonchev–Trinajstić information content (AvgIpc) is 3.10. The van der Waals surface area contributed by atoms with Crippen LogP contribution in [0.4, 0.5) is 5.69 Å². The molecule has 1 aliphatic heterocycles. The molecule has 7 heteroatoms. The third kappa shape index (κ3) is 3.84. The van der Waals surface area contributed by atoms with E-state index in [-0.39, 0.29) is 11.3 Å². The maximum Gasteiger partial charge on any atom is 0.307 e. The van der Waals surface area contributed by atoms with Crippen molar-refractivity contribution in [1.29, 1.82) is 0 Å². The van der Waals surface area contributed by atoms with E-state index >= 15 is 0 Å². The van der Waals surface area contributed by atoms with Crippen molar-refractivity contribution in [3.8, 4) is 0 Å². The number of furan rings is 1. The lowest BCUT2D eigenvalue weighted by atomic mass is 9.89. The molecule has 1 aliphatic rings. The van der Waals surface area contributed by atoms with E-state index in [9.17, 15) is 4.79 Å². The number of fused-ring (bicyclic) bond motifs is 2. The molecule has 0 atom stereocenters. The quantitative estimate of drug-likeness (QED) is 0.317. The van der Waals surface area contributed by atoms with E-state index in [0.29, 0.717) is 5.58 Å². The van der Waals surface area contributed by atoms with Crippen LogP contribution >= 0.6 is 31.9 Å². The smallest absolute Gasteiger partial charge is 0.307 e. The molecule has 1 aromatic heterocycles. The monoisotopic (exact) mass is 529 g/mol. The Morgan fingerprint density at radius 1 is 1.20 bits per heavy atom. The molecule has 1 amide bonds. The Morgan fingerprint density at radius 2 is 1.97 bits per heavy atom. The molecule has 2 aromatic carbocycles. The first-order valence-electron chi connectivity index (χ1n) is 9.45. The highest BCUT2D eigenvalue weighted by atomic mass is 79.9. The van der Waals surface area contributed by atoms with E-state index in [4.69, 9.17) is 4.42 Å². The van der Waals surface area contributed by atoms with Gasteiger partial charge in [-0.05, 0) is 78.2 Å². The zero-order valence-electron chi connectivity index (χ0n) is 17.1. The number of carbonyl (C=O) groups excluding carboxylic acids is 1. The van der Waals surface area contributed by atoms with Gasteiger partial charge in [0.25, 0.3) is 0 Å². The third-order valence-corrected chi connectivity index (χ3v) is 6.43. The summed E-state index contributed by atoms with van der Waals surface area (Å²) in [5, 5.41) is 4.94. The molecule has 4 rings (SSSR count). The zero-order valence-corrected chi connectivity index (χ0v) is 20.3. The van der Waals surface area contributed by atoms with Gasteiger partial charge in [0.2, 0.25) is 0 Å². The number of nitrogens with zero attached hydrogens (tertiary/aromatic N) is 2. The average molecular weight is 531 g/mol. The van der Waals surface area contributed by atoms with Crippen molar-refractivity contribution in [3.05, 3.63) is 68.3 Å². The summed E-state index contributed by atoms with van der Waals surface area (Å²) in [5.41, 5.74) is 7.62. The fourth-order valence-corrected chi connectivity index (χ4v) is 5.00. The molecular formula is C23H21Br2N3O2. The largest absolute Gasteiger partial charge is 0.450 e. The maximum atomic E-state index is 12.4. The van der Waals surface area contributed by atoms with Crippen LogP contribution in [0, 0.1) is 0 Å². The summed E-state index contributed by atoms with van der Waals surface area (Å²) in [6.45, 7) is 6.51. The number of anilines is 1. The van der Waals surface area contributed by atoms with Gasteiger partial charge in [0, 0.05) is 28.2 Å². The minimum absolute atomic E-state index is 0.0299. The molecule has 0 aliphatic carbocycles. The van der Waals surface area contributed by atoms with Crippen molar-refractivity contribution in [2.24, 2.45) is 5.10 Å². The molecule has 5 nitrogen and oxygen atoms in total. The number of nitrogens with one attached hydrogen (secondary N) is 1. The van der Waals surface area contributed by atoms with Crippen LogP contribution in [0.5, 0.6) is 0 Å². The number of rotatable bonds is 3. The Balaban J connectivity index is 1.52.